The molecule has 0 aliphatic carbocycles. The van der Waals surface area contributed by atoms with Crippen LogP contribution in [0.4, 0.5) is 0 Å². The second kappa shape index (κ2) is 7.23. The maximum atomic E-state index is 9.36. The summed E-state index contributed by atoms with van der Waals surface area (Å²) in [5, 5.41) is 12.7. The first-order valence-corrected chi connectivity index (χ1v) is 7.56. The minimum atomic E-state index is -0.404. The zero-order valence-electron chi connectivity index (χ0n) is 13.2. The van der Waals surface area contributed by atoms with Crippen LogP contribution in [-0.4, -0.2) is 60.6 Å². The van der Waals surface area contributed by atoms with Crippen LogP contribution in [0.2, 0.25) is 0 Å². The number of hydrogen-bond acceptors (Lipinski definition) is 4. The number of nitriles is 1. The molecular formula is C15H30N4. The first kappa shape index (κ1) is 16.4. The molecule has 1 aliphatic rings. The first-order chi connectivity index (χ1) is 8.95. The summed E-state index contributed by atoms with van der Waals surface area (Å²) in [7, 11) is 2.22. The third-order valence-corrected chi connectivity index (χ3v) is 4.42. The Bertz CT molecular complexity index is 312. The van der Waals surface area contributed by atoms with Crippen LogP contribution in [0.3, 0.4) is 0 Å². The Morgan fingerprint density at radius 2 is 2.11 bits per heavy atom. The first-order valence-electron chi connectivity index (χ1n) is 7.56. The number of rotatable bonds is 6. The van der Waals surface area contributed by atoms with Gasteiger partial charge in [-0.2, -0.15) is 5.26 Å². The van der Waals surface area contributed by atoms with Gasteiger partial charge in [-0.25, -0.2) is 0 Å². The van der Waals surface area contributed by atoms with Gasteiger partial charge >= 0.3 is 0 Å². The van der Waals surface area contributed by atoms with Gasteiger partial charge in [0.15, 0.2) is 0 Å². The lowest BCUT2D eigenvalue weighted by Gasteiger charge is -2.43. The smallest absolute Gasteiger partial charge is 0.105 e. The molecule has 0 amide bonds. The van der Waals surface area contributed by atoms with Crippen LogP contribution in [0.25, 0.3) is 0 Å². The van der Waals surface area contributed by atoms with Gasteiger partial charge in [-0.05, 0) is 40.3 Å². The van der Waals surface area contributed by atoms with Crippen molar-refractivity contribution in [3.05, 3.63) is 0 Å². The van der Waals surface area contributed by atoms with Crippen LogP contribution in [0.5, 0.6) is 0 Å². The van der Waals surface area contributed by atoms with Gasteiger partial charge in [0.25, 0.3) is 0 Å². The Balaban J connectivity index is 2.58. The molecule has 1 rings (SSSR count). The molecule has 0 bridgehead atoms. The zero-order chi connectivity index (χ0) is 14.5. The molecule has 0 aromatic heterocycles. The normalized spacial score (nSPS) is 26.6. The molecule has 1 N–H and O–H groups in total. The van der Waals surface area contributed by atoms with E-state index in [-0.39, 0.29) is 0 Å². The van der Waals surface area contributed by atoms with Gasteiger partial charge in [0.2, 0.25) is 0 Å². The van der Waals surface area contributed by atoms with E-state index in [1.165, 1.54) is 6.42 Å². The molecule has 1 aliphatic heterocycles. The monoisotopic (exact) mass is 266 g/mol. The molecule has 0 saturated carbocycles. The van der Waals surface area contributed by atoms with Gasteiger partial charge in [0.1, 0.15) is 5.54 Å². The van der Waals surface area contributed by atoms with E-state index >= 15 is 0 Å². The Hall–Kier alpha value is -0.630. The SMILES string of the molecule is CCNC(C)(C#N)CC(C)N1CCN(C)C(CC)C1. The van der Waals surface area contributed by atoms with Crippen molar-refractivity contribution < 1.29 is 0 Å². The number of piperazine rings is 1. The van der Waals surface area contributed by atoms with E-state index < -0.39 is 5.54 Å². The van der Waals surface area contributed by atoms with Gasteiger partial charge in [-0.15, -0.1) is 0 Å². The Labute approximate surface area is 118 Å². The predicted octanol–water partition coefficient (Wildman–Crippen LogP) is 1.68. The second-order valence-corrected chi connectivity index (χ2v) is 6.07. The molecule has 3 atom stereocenters. The molecule has 19 heavy (non-hydrogen) atoms. The standard InChI is InChI=1S/C15H30N4/c1-6-14-11-19(9-8-18(14)5)13(3)10-15(4,12-16)17-7-2/h13-14,17H,6-11H2,1-5H3. The van der Waals surface area contributed by atoms with Crippen molar-refractivity contribution in [2.75, 3.05) is 33.2 Å². The van der Waals surface area contributed by atoms with E-state index in [1.54, 1.807) is 0 Å². The highest BCUT2D eigenvalue weighted by atomic mass is 15.3. The quantitative estimate of drug-likeness (QED) is 0.794. The third-order valence-electron chi connectivity index (χ3n) is 4.42. The molecule has 4 heteroatoms. The molecule has 1 heterocycles. The highest BCUT2D eigenvalue weighted by Gasteiger charge is 2.31. The molecule has 0 aromatic carbocycles. The third kappa shape index (κ3) is 4.45. The van der Waals surface area contributed by atoms with E-state index in [0.29, 0.717) is 12.1 Å². The zero-order valence-corrected chi connectivity index (χ0v) is 13.2. The van der Waals surface area contributed by atoms with Gasteiger partial charge in [0.05, 0.1) is 6.07 Å². The fourth-order valence-electron chi connectivity index (χ4n) is 3.08. The Morgan fingerprint density at radius 3 is 2.63 bits per heavy atom. The van der Waals surface area contributed by atoms with Crippen molar-refractivity contribution in [3.8, 4) is 6.07 Å². The van der Waals surface area contributed by atoms with Crippen molar-refractivity contribution >= 4 is 0 Å². The minimum absolute atomic E-state index is 0.404. The average Bonchev–Trinajstić information content (AvgIpc) is 2.39. The summed E-state index contributed by atoms with van der Waals surface area (Å²) in [4.78, 5) is 5.00. The molecule has 110 valence electrons. The summed E-state index contributed by atoms with van der Waals surface area (Å²) in [6.07, 6.45) is 2.08. The van der Waals surface area contributed by atoms with Crippen molar-refractivity contribution in [2.45, 2.75) is 58.2 Å². The fourth-order valence-corrected chi connectivity index (χ4v) is 3.08. The van der Waals surface area contributed by atoms with E-state index in [1.807, 2.05) is 6.92 Å². The van der Waals surface area contributed by atoms with Crippen molar-refractivity contribution in [3.63, 3.8) is 0 Å². The fraction of sp³-hybridized carbons (Fsp3) is 0.933. The molecule has 3 unspecified atom stereocenters. The summed E-state index contributed by atoms with van der Waals surface area (Å²) >= 11 is 0. The lowest BCUT2D eigenvalue weighted by atomic mass is 9.93. The molecule has 1 saturated heterocycles. The molecule has 0 radical (unpaired) electrons. The minimum Gasteiger partial charge on any atom is -0.301 e. The summed E-state index contributed by atoms with van der Waals surface area (Å²) in [6, 6.07) is 3.54. The van der Waals surface area contributed by atoms with Crippen molar-refractivity contribution in [1.82, 2.24) is 15.1 Å². The van der Waals surface area contributed by atoms with Crippen LogP contribution in [-0.2, 0) is 0 Å². The second-order valence-electron chi connectivity index (χ2n) is 6.07. The number of hydrogen-bond donors (Lipinski definition) is 1. The van der Waals surface area contributed by atoms with Crippen LogP contribution >= 0.6 is 0 Å². The Kier molecular flexibility index (Phi) is 6.25. The molecule has 4 nitrogen and oxygen atoms in total. The molecule has 0 aromatic rings. The lowest BCUT2D eigenvalue weighted by Crippen LogP contribution is -2.55. The average molecular weight is 266 g/mol. The summed E-state index contributed by atoms with van der Waals surface area (Å²) < 4.78 is 0. The largest absolute Gasteiger partial charge is 0.301 e. The van der Waals surface area contributed by atoms with E-state index in [0.717, 1.165) is 32.6 Å². The maximum absolute atomic E-state index is 9.36. The van der Waals surface area contributed by atoms with E-state index in [9.17, 15) is 5.26 Å². The molecular weight excluding hydrogens is 236 g/mol. The van der Waals surface area contributed by atoms with Crippen LogP contribution in [0, 0.1) is 11.3 Å². The number of likely N-dealkylation sites (N-methyl/N-ethyl adjacent to an activating group) is 1. The van der Waals surface area contributed by atoms with Crippen molar-refractivity contribution in [2.24, 2.45) is 0 Å². The van der Waals surface area contributed by atoms with E-state index in [2.05, 4.69) is 49.0 Å². The highest BCUT2D eigenvalue weighted by Crippen LogP contribution is 2.19. The summed E-state index contributed by atoms with van der Waals surface area (Å²) in [5.74, 6) is 0. The molecule has 1 fully saturated rings. The van der Waals surface area contributed by atoms with Gasteiger partial charge in [-0.1, -0.05) is 13.8 Å². The predicted molar refractivity (Wildman–Crippen MR) is 80.1 cm³/mol. The number of nitrogens with one attached hydrogen (secondary N) is 1. The topological polar surface area (TPSA) is 42.3 Å². The highest BCUT2D eigenvalue weighted by molar-refractivity contribution is 5.05. The van der Waals surface area contributed by atoms with Crippen molar-refractivity contribution in [1.29, 1.82) is 5.26 Å². The van der Waals surface area contributed by atoms with Crippen LogP contribution in [0.15, 0.2) is 0 Å². The van der Waals surface area contributed by atoms with E-state index in [4.69, 9.17) is 0 Å². The van der Waals surface area contributed by atoms with Gasteiger partial charge in [0, 0.05) is 31.7 Å². The summed E-state index contributed by atoms with van der Waals surface area (Å²) in [5.41, 5.74) is -0.404. The maximum Gasteiger partial charge on any atom is 0.105 e. The van der Waals surface area contributed by atoms with Gasteiger partial charge < -0.3 is 4.90 Å². The number of nitrogens with zero attached hydrogens (tertiary/aromatic N) is 3. The lowest BCUT2D eigenvalue weighted by molar-refractivity contribution is 0.0591. The molecule has 0 spiro atoms. The Morgan fingerprint density at radius 1 is 1.42 bits per heavy atom. The van der Waals surface area contributed by atoms with Crippen LogP contribution < -0.4 is 5.32 Å². The van der Waals surface area contributed by atoms with Gasteiger partial charge in [-0.3, -0.25) is 10.2 Å². The summed E-state index contributed by atoms with van der Waals surface area (Å²) in [6.45, 7) is 12.8. The van der Waals surface area contributed by atoms with Crippen LogP contribution in [0.1, 0.15) is 40.5 Å².